The Labute approximate surface area is 121 Å². The fourth-order valence-corrected chi connectivity index (χ4v) is 2.26. The van der Waals surface area contributed by atoms with Crippen molar-refractivity contribution < 1.29 is 0 Å². The fourth-order valence-electron chi connectivity index (χ4n) is 2.26. The number of nitrogens with one attached hydrogen (secondary N) is 1. The lowest BCUT2D eigenvalue weighted by atomic mass is 10.1. The molecule has 0 fully saturated rings. The molecule has 0 aliphatic carbocycles. The van der Waals surface area contributed by atoms with E-state index in [1.807, 2.05) is 29.8 Å². The molecular formula is C16H11N5. The van der Waals surface area contributed by atoms with Gasteiger partial charge in [0.05, 0.1) is 23.3 Å². The highest BCUT2D eigenvalue weighted by Crippen LogP contribution is 2.28. The summed E-state index contributed by atoms with van der Waals surface area (Å²) < 4.78 is 1.90. The zero-order chi connectivity index (χ0) is 14.8. The Kier molecular flexibility index (Phi) is 3.02. The molecule has 0 saturated carbocycles. The molecule has 0 spiro atoms. The molecule has 2 aromatic heterocycles. The molecule has 0 unspecified atom stereocenters. The van der Waals surface area contributed by atoms with Gasteiger partial charge in [-0.3, -0.25) is 4.40 Å². The van der Waals surface area contributed by atoms with E-state index in [9.17, 15) is 0 Å². The second kappa shape index (κ2) is 4.99. The van der Waals surface area contributed by atoms with Gasteiger partial charge in [-0.05, 0) is 24.3 Å². The van der Waals surface area contributed by atoms with Gasteiger partial charge >= 0.3 is 0 Å². The summed E-state index contributed by atoms with van der Waals surface area (Å²) in [5.74, 6) is 0.846. The second-order valence-electron chi connectivity index (χ2n) is 4.50. The van der Waals surface area contributed by atoms with Gasteiger partial charge in [0.15, 0.2) is 0 Å². The predicted octanol–water partition coefficient (Wildman–Crippen LogP) is 2.79. The Morgan fingerprint density at radius 1 is 1.05 bits per heavy atom. The van der Waals surface area contributed by atoms with Crippen LogP contribution in [0.1, 0.15) is 11.1 Å². The van der Waals surface area contributed by atoms with Crippen LogP contribution in [0.5, 0.6) is 0 Å². The van der Waals surface area contributed by atoms with Gasteiger partial charge in [-0.2, -0.15) is 10.5 Å². The standard InChI is InChI=1S/C16H11N5/c1-19-16-15(13-4-2-11(9-17)3-5-13)20-14-8-12(10-18)6-7-21(14)16/h2-8,19H,1H3. The first-order chi connectivity index (χ1) is 10.3. The molecular weight excluding hydrogens is 262 g/mol. The molecule has 0 amide bonds. The number of nitriles is 2. The number of fused-ring (bicyclic) bond motifs is 1. The highest BCUT2D eigenvalue weighted by molar-refractivity contribution is 5.77. The second-order valence-corrected chi connectivity index (χ2v) is 4.50. The van der Waals surface area contributed by atoms with Crippen molar-refractivity contribution in [2.45, 2.75) is 0 Å². The Morgan fingerprint density at radius 3 is 2.38 bits per heavy atom. The van der Waals surface area contributed by atoms with Crippen molar-refractivity contribution in [2.24, 2.45) is 0 Å². The van der Waals surface area contributed by atoms with Crippen LogP contribution in [0.4, 0.5) is 5.82 Å². The smallest absolute Gasteiger partial charge is 0.140 e. The lowest BCUT2D eigenvalue weighted by molar-refractivity contribution is 1.17. The van der Waals surface area contributed by atoms with Gasteiger partial charge in [-0.1, -0.05) is 12.1 Å². The summed E-state index contributed by atoms with van der Waals surface area (Å²) in [6.45, 7) is 0. The SMILES string of the molecule is CNc1c(-c2ccc(C#N)cc2)nc2cc(C#N)ccn12. The fraction of sp³-hybridized carbons (Fsp3) is 0.0625. The minimum absolute atomic E-state index is 0.571. The number of hydrogen-bond donors (Lipinski definition) is 1. The average molecular weight is 273 g/mol. The molecule has 21 heavy (non-hydrogen) atoms. The van der Waals surface area contributed by atoms with Crippen molar-refractivity contribution in [3.05, 3.63) is 53.7 Å². The average Bonchev–Trinajstić information content (AvgIpc) is 2.92. The Bertz CT molecular complexity index is 891. The third-order valence-corrected chi connectivity index (χ3v) is 3.28. The van der Waals surface area contributed by atoms with Gasteiger partial charge in [0.2, 0.25) is 0 Å². The Morgan fingerprint density at radius 2 is 1.76 bits per heavy atom. The number of hydrogen-bond acceptors (Lipinski definition) is 4. The molecule has 1 aromatic carbocycles. The number of aromatic nitrogens is 2. The first-order valence-electron chi connectivity index (χ1n) is 6.37. The summed E-state index contributed by atoms with van der Waals surface area (Å²) in [6.07, 6.45) is 1.82. The summed E-state index contributed by atoms with van der Waals surface area (Å²) in [6, 6.07) is 15.0. The van der Waals surface area contributed by atoms with Crippen LogP contribution < -0.4 is 5.32 Å². The molecule has 3 aromatic rings. The van der Waals surface area contributed by atoms with Crippen molar-refractivity contribution in [1.29, 1.82) is 10.5 Å². The van der Waals surface area contributed by atoms with Gasteiger partial charge in [0.25, 0.3) is 0 Å². The van der Waals surface area contributed by atoms with E-state index >= 15 is 0 Å². The summed E-state index contributed by atoms with van der Waals surface area (Å²) in [4.78, 5) is 4.58. The molecule has 0 radical (unpaired) electrons. The van der Waals surface area contributed by atoms with Crippen LogP contribution in [0.25, 0.3) is 16.9 Å². The number of rotatable bonds is 2. The maximum absolute atomic E-state index is 8.97. The van der Waals surface area contributed by atoms with E-state index in [2.05, 4.69) is 22.4 Å². The number of imidazole rings is 1. The van der Waals surface area contributed by atoms with Crippen molar-refractivity contribution in [3.8, 4) is 23.4 Å². The number of anilines is 1. The van der Waals surface area contributed by atoms with Crippen molar-refractivity contribution in [2.75, 3.05) is 12.4 Å². The first kappa shape index (κ1) is 12.7. The first-order valence-corrected chi connectivity index (χ1v) is 6.37. The Hall–Kier alpha value is -3.31. The van der Waals surface area contributed by atoms with Crippen LogP contribution >= 0.6 is 0 Å². The number of benzene rings is 1. The zero-order valence-electron chi connectivity index (χ0n) is 11.3. The van der Waals surface area contributed by atoms with Gasteiger partial charge in [-0.15, -0.1) is 0 Å². The van der Waals surface area contributed by atoms with E-state index in [1.165, 1.54) is 0 Å². The molecule has 100 valence electrons. The highest BCUT2D eigenvalue weighted by atomic mass is 15.1. The Balaban J connectivity index is 2.21. The van der Waals surface area contributed by atoms with Gasteiger partial charge < -0.3 is 5.32 Å². The van der Waals surface area contributed by atoms with Crippen molar-refractivity contribution in [1.82, 2.24) is 9.38 Å². The number of pyridine rings is 1. The maximum atomic E-state index is 8.97. The normalized spacial score (nSPS) is 10.0. The lowest BCUT2D eigenvalue weighted by Crippen LogP contribution is -1.95. The minimum atomic E-state index is 0.571. The van der Waals surface area contributed by atoms with Crippen LogP contribution in [-0.4, -0.2) is 16.4 Å². The summed E-state index contributed by atoms with van der Waals surface area (Å²) in [7, 11) is 1.83. The monoisotopic (exact) mass is 273 g/mol. The van der Waals surface area contributed by atoms with Crippen LogP contribution in [0.2, 0.25) is 0 Å². The summed E-state index contributed by atoms with van der Waals surface area (Å²) in [5.41, 5.74) is 3.59. The topological polar surface area (TPSA) is 76.9 Å². The third kappa shape index (κ3) is 2.07. The van der Waals surface area contributed by atoms with E-state index in [1.54, 1.807) is 24.3 Å². The van der Waals surface area contributed by atoms with Crippen LogP contribution in [0.3, 0.4) is 0 Å². The van der Waals surface area contributed by atoms with Crippen LogP contribution in [0, 0.1) is 22.7 Å². The quantitative estimate of drug-likeness (QED) is 0.778. The molecule has 1 N–H and O–H groups in total. The summed E-state index contributed by atoms with van der Waals surface area (Å²) in [5, 5.41) is 21.0. The predicted molar refractivity (Wildman–Crippen MR) is 79.6 cm³/mol. The summed E-state index contributed by atoms with van der Waals surface area (Å²) >= 11 is 0. The van der Waals surface area contributed by atoms with Gasteiger partial charge in [-0.25, -0.2) is 4.98 Å². The molecule has 3 rings (SSSR count). The van der Waals surface area contributed by atoms with E-state index in [4.69, 9.17) is 10.5 Å². The van der Waals surface area contributed by atoms with Crippen LogP contribution in [0.15, 0.2) is 42.6 Å². The third-order valence-electron chi connectivity index (χ3n) is 3.28. The van der Waals surface area contributed by atoms with Gasteiger partial charge in [0.1, 0.15) is 17.2 Å². The largest absolute Gasteiger partial charge is 0.372 e. The molecule has 0 aliphatic heterocycles. The van der Waals surface area contributed by atoms with E-state index < -0.39 is 0 Å². The molecule has 5 nitrogen and oxygen atoms in total. The van der Waals surface area contributed by atoms with Crippen molar-refractivity contribution >= 4 is 11.5 Å². The molecule has 0 saturated heterocycles. The van der Waals surface area contributed by atoms with E-state index in [0.717, 1.165) is 17.1 Å². The lowest BCUT2D eigenvalue weighted by Gasteiger charge is -2.04. The van der Waals surface area contributed by atoms with E-state index in [-0.39, 0.29) is 0 Å². The van der Waals surface area contributed by atoms with Crippen LogP contribution in [-0.2, 0) is 0 Å². The minimum Gasteiger partial charge on any atom is -0.372 e. The molecule has 0 bridgehead atoms. The van der Waals surface area contributed by atoms with Crippen molar-refractivity contribution in [3.63, 3.8) is 0 Å². The van der Waals surface area contributed by atoms with Gasteiger partial charge in [0, 0.05) is 18.8 Å². The molecule has 5 heteroatoms. The zero-order valence-corrected chi connectivity index (χ0v) is 11.3. The maximum Gasteiger partial charge on any atom is 0.140 e. The molecule has 2 heterocycles. The molecule has 0 aliphatic rings. The molecule has 0 atom stereocenters. The highest BCUT2D eigenvalue weighted by Gasteiger charge is 2.13. The number of nitrogens with zero attached hydrogens (tertiary/aromatic N) is 4. The van der Waals surface area contributed by atoms with E-state index in [0.29, 0.717) is 16.8 Å².